The maximum Gasteiger partial charge on any atom is 0.222 e. The molecule has 2 N–H and O–H groups in total. The molecule has 0 bridgehead atoms. The van der Waals surface area contributed by atoms with Gasteiger partial charge in [0.2, 0.25) is 5.91 Å². The quantitative estimate of drug-likeness (QED) is 0.845. The number of hydrogen-bond acceptors (Lipinski definition) is 2. The van der Waals surface area contributed by atoms with Crippen molar-refractivity contribution in [1.29, 1.82) is 0 Å². The number of benzene rings is 1. The molecule has 1 aliphatic rings. The Morgan fingerprint density at radius 1 is 1.32 bits per heavy atom. The van der Waals surface area contributed by atoms with Crippen LogP contribution in [0, 0.1) is 5.92 Å². The smallest absolute Gasteiger partial charge is 0.222 e. The normalized spacial score (nSPS) is 20.4. The molecule has 1 amide bonds. The van der Waals surface area contributed by atoms with Crippen molar-refractivity contribution >= 4 is 11.6 Å². The number of nitrogens with zero attached hydrogens (tertiary/aromatic N) is 1. The van der Waals surface area contributed by atoms with Crippen LogP contribution in [0.25, 0.3) is 0 Å². The first-order valence-corrected chi connectivity index (χ1v) is 7.32. The highest BCUT2D eigenvalue weighted by atomic mass is 16.2. The van der Waals surface area contributed by atoms with Gasteiger partial charge in [0.25, 0.3) is 0 Å². The van der Waals surface area contributed by atoms with Crippen molar-refractivity contribution in [1.82, 2.24) is 4.90 Å². The number of carbonyl (C=O) groups is 1. The van der Waals surface area contributed by atoms with E-state index < -0.39 is 0 Å². The fourth-order valence-corrected chi connectivity index (χ4v) is 2.84. The molecular formula is C16H24N2O. The third-order valence-electron chi connectivity index (χ3n) is 4.04. The Balaban J connectivity index is 2.00. The van der Waals surface area contributed by atoms with Crippen molar-refractivity contribution in [3.63, 3.8) is 0 Å². The van der Waals surface area contributed by atoms with Crippen molar-refractivity contribution in [2.75, 3.05) is 12.3 Å². The second kappa shape index (κ2) is 6.60. The van der Waals surface area contributed by atoms with Crippen molar-refractivity contribution in [2.45, 2.75) is 45.6 Å². The van der Waals surface area contributed by atoms with Gasteiger partial charge in [0.1, 0.15) is 0 Å². The van der Waals surface area contributed by atoms with Gasteiger partial charge in [-0.2, -0.15) is 0 Å². The van der Waals surface area contributed by atoms with Crippen LogP contribution < -0.4 is 5.73 Å². The zero-order chi connectivity index (χ0) is 13.7. The average Bonchev–Trinajstić information content (AvgIpc) is 2.57. The third kappa shape index (κ3) is 3.72. The second-order valence-corrected chi connectivity index (χ2v) is 5.50. The lowest BCUT2D eigenvalue weighted by molar-refractivity contribution is -0.131. The van der Waals surface area contributed by atoms with Crippen LogP contribution in [0.15, 0.2) is 24.3 Å². The van der Waals surface area contributed by atoms with Gasteiger partial charge in [-0.25, -0.2) is 0 Å². The molecule has 1 unspecified atom stereocenters. The molecule has 0 aliphatic carbocycles. The lowest BCUT2D eigenvalue weighted by Gasteiger charge is -2.21. The standard InChI is InChI=1S/C16H24N2O/c1-2-5-13-8-9-16(19)18(11-10-13)12-14-6-3-4-7-15(14)17/h3-4,6-7,13H,2,5,8-12,17H2,1H3. The SMILES string of the molecule is CCCC1CCC(=O)N(Cc2ccccc2N)CC1. The van der Waals surface area contributed by atoms with Gasteiger partial charge in [0, 0.05) is 25.2 Å². The Bertz CT molecular complexity index is 431. The highest BCUT2D eigenvalue weighted by molar-refractivity contribution is 5.76. The summed E-state index contributed by atoms with van der Waals surface area (Å²) in [6.45, 7) is 3.75. The molecule has 0 saturated carbocycles. The van der Waals surface area contributed by atoms with Crippen molar-refractivity contribution < 1.29 is 4.79 Å². The monoisotopic (exact) mass is 260 g/mol. The van der Waals surface area contributed by atoms with Crippen LogP contribution in [0.4, 0.5) is 5.69 Å². The Labute approximate surface area is 115 Å². The molecule has 1 saturated heterocycles. The second-order valence-electron chi connectivity index (χ2n) is 5.50. The van der Waals surface area contributed by atoms with Crippen LogP contribution >= 0.6 is 0 Å². The molecule has 1 aliphatic heterocycles. The molecule has 1 fully saturated rings. The molecule has 19 heavy (non-hydrogen) atoms. The van der Waals surface area contributed by atoms with E-state index in [1.54, 1.807) is 0 Å². The molecule has 3 nitrogen and oxygen atoms in total. The Kier molecular flexibility index (Phi) is 4.83. The predicted molar refractivity (Wildman–Crippen MR) is 78.5 cm³/mol. The van der Waals surface area contributed by atoms with E-state index in [-0.39, 0.29) is 5.91 Å². The molecule has 0 aromatic heterocycles. The maximum atomic E-state index is 12.2. The lowest BCUT2D eigenvalue weighted by atomic mass is 9.96. The van der Waals surface area contributed by atoms with E-state index in [9.17, 15) is 4.79 Å². The van der Waals surface area contributed by atoms with Gasteiger partial charge in [-0.05, 0) is 30.4 Å². The Hall–Kier alpha value is -1.51. The number of anilines is 1. The first-order chi connectivity index (χ1) is 9.20. The zero-order valence-electron chi connectivity index (χ0n) is 11.8. The minimum absolute atomic E-state index is 0.279. The minimum atomic E-state index is 0.279. The van der Waals surface area contributed by atoms with Crippen LogP contribution in [0.1, 0.15) is 44.6 Å². The number of para-hydroxylation sites is 1. The van der Waals surface area contributed by atoms with E-state index in [4.69, 9.17) is 5.73 Å². The molecule has 1 heterocycles. The summed E-state index contributed by atoms with van der Waals surface area (Å²) in [6.07, 6.45) is 5.33. The highest BCUT2D eigenvalue weighted by Gasteiger charge is 2.22. The van der Waals surface area contributed by atoms with Gasteiger partial charge >= 0.3 is 0 Å². The van der Waals surface area contributed by atoms with Crippen LogP contribution in [0.2, 0.25) is 0 Å². The van der Waals surface area contributed by atoms with Crippen LogP contribution in [0.5, 0.6) is 0 Å². The number of carbonyl (C=O) groups excluding carboxylic acids is 1. The average molecular weight is 260 g/mol. The number of rotatable bonds is 4. The van der Waals surface area contributed by atoms with Crippen LogP contribution in [-0.2, 0) is 11.3 Å². The first kappa shape index (κ1) is 13.9. The molecular weight excluding hydrogens is 236 g/mol. The lowest BCUT2D eigenvalue weighted by Crippen LogP contribution is -2.30. The Morgan fingerprint density at radius 3 is 2.84 bits per heavy atom. The van der Waals surface area contributed by atoms with Gasteiger partial charge in [-0.15, -0.1) is 0 Å². The van der Waals surface area contributed by atoms with Gasteiger partial charge in [-0.3, -0.25) is 4.79 Å². The van der Waals surface area contributed by atoms with Gasteiger partial charge < -0.3 is 10.6 Å². The van der Waals surface area contributed by atoms with E-state index >= 15 is 0 Å². The predicted octanol–water partition coefficient (Wildman–Crippen LogP) is 3.20. The molecule has 104 valence electrons. The number of nitrogens with two attached hydrogens (primary N) is 1. The minimum Gasteiger partial charge on any atom is -0.398 e. The first-order valence-electron chi connectivity index (χ1n) is 7.32. The maximum absolute atomic E-state index is 12.2. The molecule has 2 rings (SSSR count). The summed E-state index contributed by atoms with van der Waals surface area (Å²) in [4.78, 5) is 14.1. The summed E-state index contributed by atoms with van der Waals surface area (Å²) in [7, 11) is 0. The molecule has 3 heteroatoms. The molecule has 1 aromatic rings. The molecule has 0 radical (unpaired) electrons. The topological polar surface area (TPSA) is 46.3 Å². The van der Waals surface area contributed by atoms with E-state index in [0.717, 1.165) is 30.6 Å². The summed E-state index contributed by atoms with van der Waals surface area (Å²) in [5.74, 6) is 0.994. The summed E-state index contributed by atoms with van der Waals surface area (Å²) in [6, 6.07) is 7.82. The number of nitrogen functional groups attached to an aromatic ring is 1. The van der Waals surface area contributed by atoms with E-state index in [0.29, 0.717) is 18.9 Å². The van der Waals surface area contributed by atoms with Crippen molar-refractivity contribution in [2.24, 2.45) is 5.92 Å². The number of likely N-dealkylation sites (tertiary alicyclic amines) is 1. The van der Waals surface area contributed by atoms with Crippen molar-refractivity contribution in [3.05, 3.63) is 29.8 Å². The summed E-state index contributed by atoms with van der Waals surface area (Å²) in [5, 5.41) is 0. The summed E-state index contributed by atoms with van der Waals surface area (Å²) < 4.78 is 0. The highest BCUT2D eigenvalue weighted by Crippen LogP contribution is 2.24. The third-order valence-corrected chi connectivity index (χ3v) is 4.04. The fraction of sp³-hybridized carbons (Fsp3) is 0.562. The van der Waals surface area contributed by atoms with Crippen LogP contribution in [0.3, 0.4) is 0 Å². The summed E-state index contributed by atoms with van der Waals surface area (Å²) >= 11 is 0. The molecule has 1 aromatic carbocycles. The number of amides is 1. The molecule has 1 atom stereocenters. The van der Waals surface area contributed by atoms with Gasteiger partial charge in [0.15, 0.2) is 0 Å². The van der Waals surface area contributed by atoms with Gasteiger partial charge in [0.05, 0.1) is 0 Å². The van der Waals surface area contributed by atoms with Crippen LogP contribution in [-0.4, -0.2) is 17.4 Å². The Morgan fingerprint density at radius 2 is 2.11 bits per heavy atom. The molecule has 0 spiro atoms. The van der Waals surface area contributed by atoms with E-state index in [1.165, 1.54) is 12.8 Å². The van der Waals surface area contributed by atoms with E-state index in [2.05, 4.69) is 6.92 Å². The van der Waals surface area contributed by atoms with E-state index in [1.807, 2.05) is 29.2 Å². The number of hydrogen-bond donors (Lipinski definition) is 1. The zero-order valence-corrected chi connectivity index (χ0v) is 11.8. The summed E-state index contributed by atoms with van der Waals surface area (Å²) in [5.41, 5.74) is 7.80. The largest absolute Gasteiger partial charge is 0.398 e. The van der Waals surface area contributed by atoms with Gasteiger partial charge in [-0.1, -0.05) is 38.0 Å². The fourth-order valence-electron chi connectivity index (χ4n) is 2.84. The van der Waals surface area contributed by atoms with Crippen molar-refractivity contribution in [3.8, 4) is 0 Å².